The molecule has 112 valence electrons. The van der Waals surface area contributed by atoms with Crippen LogP contribution in [0.1, 0.15) is 32.3 Å². The lowest BCUT2D eigenvalue weighted by Crippen LogP contribution is -2.37. The molecule has 1 atom stereocenters. The van der Waals surface area contributed by atoms with Crippen molar-refractivity contribution < 1.29 is 5.11 Å². The fourth-order valence-electron chi connectivity index (χ4n) is 2.78. The number of benzene rings is 1. The fraction of sp³-hybridized carbons (Fsp3) is 0.625. The second-order valence-corrected chi connectivity index (χ2v) is 6.48. The molecule has 20 heavy (non-hydrogen) atoms. The summed E-state index contributed by atoms with van der Waals surface area (Å²) >= 11 is 3.67. The van der Waals surface area contributed by atoms with Crippen LogP contribution in [0.4, 0.5) is 5.69 Å². The molecule has 1 heterocycles. The third-order valence-corrected chi connectivity index (χ3v) is 4.93. The van der Waals surface area contributed by atoms with Crippen molar-refractivity contribution in [2.24, 2.45) is 5.92 Å². The molecule has 0 amide bonds. The van der Waals surface area contributed by atoms with Crippen LogP contribution in [0.25, 0.3) is 0 Å². The van der Waals surface area contributed by atoms with Crippen molar-refractivity contribution in [3.63, 3.8) is 0 Å². The Labute approximate surface area is 130 Å². The van der Waals surface area contributed by atoms with Gasteiger partial charge in [0, 0.05) is 29.8 Å². The fourth-order valence-corrected chi connectivity index (χ4v) is 3.28. The van der Waals surface area contributed by atoms with Gasteiger partial charge in [-0.25, -0.2) is 0 Å². The Morgan fingerprint density at radius 3 is 2.65 bits per heavy atom. The van der Waals surface area contributed by atoms with Crippen molar-refractivity contribution >= 4 is 21.6 Å². The maximum Gasteiger partial charge on any atom is 0.0541 e. The first-order chi connectivity index (χ1) is 9.61. The van der Waals surface area contributed by atoms with Gasteiger partial charge in [0.2, 0.25) is 0 Å². The summed E-state index contributed by atoms with van der Waals surface area (Å²) in [6.07, 6.45) is 1.98. The van der Waals surface area contributed by atoms with Crippen molar-refractivity contribution in [3.8, 4) is 0 Å². The number of hydrogen-bond donors (Lipinski definition) is 2. The largest absolute Gasteiger partial charge is 0.393 e. The number of anilines is 1. The van der Waals surface area contributed by atoms with Crippen molar-refractivity contribution in [3.05, 3.63) is 28.2 Å². The van der Waals surface area contributed by atoms with Crippen LogP contribution < -0.4 is 10.2 Å². The predicted octanol–water partition coefficient (Wildman–Crippen LogP) is 3.16. The van der Waals surface area contributed by atoms with Gasteiger partial charge in [0.1, 0.15) is 0 Å². The summed E-state index contributed by atoms with van der Waals surface area (Å²) in [4.78, 5) is 2.42. The van der Waals surface area contributed by atoms with E-state index in [0.717, 1.165) is 39.0 Å². The zero-order valence-electron chi connectivity index (χ0n) is 12.4. The van der Waals surface area contributed by atoms with Gasteiger partial charge in [0.15, 0.2) is 0 Å². The summed E-state index contributed by atoms with van der Waals surface area (Å²) in [7, 11) is 0. The van der Waals surface area contributed by atoms with E-state index in [9.17, 15) is 5.11 Å². The summed E-state index contributed by atoms with van der Waals surface area (Å²) < 4.78 is 1.17. The molecule has 1 aromatic rings. The van der Waals surface area contributed by atoms with Gasteiger partial charge in [-0.1, -0.05) is 28.9 Å². The number of piperidine rings is 1. The van der Waals surface area contributed by atoms with Gasteiger partial charge in [0.25, 0.3) is 0 Å². The molecular formula is C16H25BrN2O. The van der Waals surface area contributed by atoms with Crippen LogP contribution in [0.15, 0.2) is 22.7 Å². The third kappa shape index (κ3) is 3.96. The molecule has 1 unspecified atom stereocenters. The first-order valence-electron chi connectivity index (χ1n) is 7.54. The van der Waals surface area contributed by atoms with E-state index in [4.69, 9.17) is 0 Å². The van der Waals surface area contributed by atoms with Crippen LogP contribution >= 0.6 is 15.9 Å². The Hall–Kier alpha value is -0.580. The van der Waals surface area contributed by atoms with Crippen LogP contribution in [0.3, 0.4) is 0 Å². The molecule has 2 rings (SSSR count). The van der Waals surface area contributed by atoms with E-state index in [-0.39, 0.29) is 6.10 Å². The normalized spacial score (nSPS) is 18.3. The quantitative estimate of drug-likeness (QED) is 0.864. The van der Waals surface area contributed by atoms with Gasteiger partial charge in [-0.05, 0) is 49.9 Å². The van der Waals surface area contributed by atoms with Crippen LogP contribution in [0.5, 0.6) is 0 Å². The molecule has 0 bridgehead atoms. The van der Waals surface area contributed by atoms with Gasteiger partial charge in [-0.2, -0.15) is 0 Å². The number of nitrogens with one attached hydrogen (secondary N) is 1. The molecule has 1 aromatic carbocycles. The second kappa shape index (κ2) is 7.43. The molecular weight excluding hydrogens is 316 g/mol. The minimum Gasteiger partial charge on any atom is -0.393 e. The number of nitrogens with zero attached hydrogens (tertiary/aromatic N) is 1. The summed E-state index contributed by atoms with van der Waals surface area (Å²) in [5.41, 5.74) is 2.58. The minimum absolute atomic E-state index is 0.175. The smallest absolute Gasteiger partial charge is 0.0541 e. The predicted molar refractivity (Wildman–Crippen MR) is 88.1 cm³/mol. The molecule has 2 N–H and O–H groups in total. The Bertz CT molecular complexity index is 428. The summed E-state index contributed by atoms with van der Waals surface area (Å²) in [5.74, 6) is 0.461. The first-order valence-corrected chi connectivity index (χ1v) is 8.33. The molecule has 1 fully saturated rings. The standard InChI is InChI=1S/C16H25BrN2O/c1-3-18-11-14-4-5-15(10-16(14)17)19-8-6-13(7-9-19)12(2)20/h4-5,10,12-13,18,20H,3,6-9,11H2,1-2H3. The van der Waals surface area contributed by atoms with Crippen molar-refractivity contribution in [1.29, 1.82) is 0 Å². The molecule has 0 saturated carbocycles. The molecule has 0 radical (unpaired) electrons. The highest BCUT2D eigenvalue weighted by molar-refractivity contribution is 9.10. The zero-order chi connectivity index (χ0) is 14.5. The second-order valence-electron chi connectivity index (χ2n) is 5.62. The SMILES string of the molecule is CCNCc1ccc(N2CCC(C(C)O)CC2)cc1Br. The first kappa shape index (κ1) is 15.8. The van der Waals surface area contributed by atoms with E-state index in [0.29, 0.717) is 5.92 Å². The zero-order valence-corrected chi connectivity index (χ0v) is 14.0. The molecule has 3 nitrogen and oxygen atoms in total. The molecule has 4 heteroatoms. The van der Waals surface area contributed by atoms with E-state index < -0.39 is 0 Å². The average Bonchev–Trinajstić information content (AvgIpc) is 2.46. The van der Waals surface area contributed by atoms with Gasteiger partial charge >= 0.3 is 0 Å². The van der Waals surface area contributed by atoms with Crippen molar-refractivity contribution in [1.82, 2.24) is 5.32 Å². The lowest BCUT2D eigenvalue weighted by Gasteiger charge is -2.35. The highest BCUT2D eigenvalue weighted by Crippen LogP contribution is 2.28. The molecule has 0 aromatic heterocycles. The minimum atomic E-state index is -0.175. The maximum absolute atomic E-state index is 9.66. The van der Waals surface area contributed by atoms with E-state index in [1.165, 1.54) is 15.7 Å². The molecule has 1 saturated heterocycles. The van der Waals surface area contributed by atoms with Gasteiger partial charge in [-0.3, -0.25) is 0 Å². The number of halogens is 1. The topological polar surface area (TPSA) is 35.5 Å². The molecule has 0 aliphatic carbocycles. The number of aliphatic hydroxyl groups excluding tert-OH is 1. The monoisotopic (exact) mass is 340 g/mol. The highest BCUT2D eigenvalue weighted by atomic mass is 79.9. The van der Waals surface area contributed by atoms with Crippen molar-refractivity contribution in [2.45, 2.75) is 39.3 Å². The summed E-state index contributed by atoms with van der Waals surface area (Å²) in [6.45, 7) is 7.99. The Morgan fingerprint density at radius 1 is 1.40 bits per heavy atom. The van der Waals surface area contributed by atoms with E-state index in [1.54, 1.807) is 0 Å². The van der Waals surface area contributed by atoms with Crippen LogP contribution in [-0.4, -0.2) is 30.8 Å². The van der Waals surface area contributed by atoms with Gasteiger partial charge in [-0.15, -0.1) is 0 Å². The van der Waals surface area contributed by atoms with E-state index >= 15 is 0 Å². The van der Waals surface area contributed by atoms with Crippen LogP contribution in [-0.2, 0) is 6.54 Å². The number of hydrogen-bond acceptors (Lipinski definition) is 3. The Kier molecular flexibility index (Phi) is 5.87. The van der Waals surface area contributed by atoms with Gasteiger partial charge < -0.3 is 15.3 Å². The number of rotatable bonds is 5. The lowest BCUT2D eigenvalue weighted by atomic mass is 9.92. The summed E-state index contributed by atoms with van der Waals surface area (Å²) in [5, 5.41) is 13.0. The molecule has 1 aliphatic heterocycles. The van der Waals surface area contributed by atoms with E-state index in [2.05, 4.69) is 51.3 Å². The Morgan fingerprint density at radius 2 is 2.10 bits per heavy atom. The maximum atomic E-state index is 9.66. The van der Waals surface area contributed by atoms with Crippen molar-refractivity contribution in [2.75, 3.05) is 24.5 Å². The molecule has 0 spiro atoms. The summed E-state index contributed by atoms with van der Waals surface area (Å²) in [6, 6.07) is 6.62. The number of aliphatic hydroxyl groups is 1. The lowest BCUT2D eigenvalue weighted by molar-refractivity contribution is 0.110. The van der Waals surface area contributed by atoms with Gasteiger partial charge in [0.05, 0.1) is 6.10 Å². The average molecular weight is 341 g/mol. The third-order valence-electron chi connectivity index (χ3n) is 4.19. The highest BCUT2D eigenvalue weighted by Gasteiger charge is 2.22. The van der Waals surface area contributed by atoms with E-state index in [1.807, 2.05) is 6.92 Å². The van der Waals surface area contributed by atoms with Crippen LogP contribution in [0, 0.1) is 5.92 Å². The Balaban J connectivity index is 1.98. The van der Waals surface area contributed by atoms with Crippen LogP contribution in [0.2, 0.25) is 0 Å². The molecule has 1 aliphatic rings.